The number of nitrogens with two attached hydrogens (primary N) is 2. The largest absolute Gasteiger partial charge is 0.489 e. The minimum absolute atomic E-state index is 0.193. The third-order valence-corrected chi connectivity index (χ3v) is 3.86. The molecular weight excluding hydrogens is 300 g/mol. The number of ether oxygens (including phenoxy) is 1. The zero-order valence-electron chi connectivity index (χ0n) is 13.6. The number of nitrogens with zero attached hydrogens (tertiary/aromatic N) is 2. The molecule has 0 saturated carbocycles. The summed E-state index contributed by atoms with van der Waals surface area (Å²) in [5, 5.41) is 0. The summed E-state index contributed by atoms with van der Waals surface area (Å²) in [6.07, 6.45) is 2.35. The van der Waals surface area contributed by atoms with Crippen LogP contribution in [0.5, 0.6) is 5.75 Å². The number of hydrogen-bond acceptors (Lipinski definition) is 5. The van der Waals surface area contributed by atoms with E-state index in [9.17, 15) is 0 Å². The van der Waals surface area contributed by atoms with Crippen LogP contribution in [0.15, 0.2) is 54.7 Å². The zero-order valence-corrected chi connectivity index (χ0v) is 13.6. The molecule has 3 aromatic rings. The Morgan fingerprint density at radius 2 is 1.79 bits per heavy atom. The Kier molecular flexibility index (Phi) is 4.61. The molecule has 0 spiro atoms. The van der Waals surface area contributed by atoms with Crippen LogP contribution in [0, 0.1) is 6.92 Å². The van der Waals surface area contributed by atoms with Crippen molar-refractivity contribution in [2.45, 2.75) is 20.0 Å². The maximum Gasteiger partial charge on any atom is 0.221 e. The van der Waals surface area contributed by atoms with E-state index in [0.717, 1.165) is 16.9 Å². The Bertz CT molecular complexity index is 834. The average Bonchev–Trinajstić information content (AvgIpc) is 2.59. The molecule has 0 saturated heterocycles. The molecule has 0 aliphatic heterocycles. The smallest absolute Gasteiger partial charge is 0.221 e. The van der Waals surface area contributed by atoms with Crippen LogP contribution < -0.4 is 16.2 Å². The Hall–Kier alpha value is -3.08. The van der Waals surface area contributed by atoms with E-state index in [2.05, 4.69) is 35.1 Å². The molecule has 0 atom stereocenters. The van der Waals surface area contributed by atoms with Crippen molar-refractivity contribution >= 4 is 11.8 Å². The second-order valence-corrected chi connectivity index (χ2v) is 5.68. The fraction of sp³-hybridized carbons (Fsp3) is 0.158. The third kappa shape index (κ3) is 3.81. The molecule has 5 nitrogen and oxygen atoms in total. The first-order chi connectivity index (χ1) is 11.6. The van der Waals surface area contributed by atoms with E-state index in [-0.39, 0.29) is 5.95 Å². The van der Waals surface area contributed by atoms with Crippen LogP contribution in [0.3, 0.4) is 0 Å². The van der Waals surface area contributed by atoms with Crippen LogP contribution in [0.1, 0.15) is 22.3 Å². The van der Waals surface area contributed by atoms with E-state index in [1.54, 1.807) is 6.20 Å². The topological polar surface area (TPSA) is 87.0 Å². The van der Waals surface area contributed by atoms with E-state index in [0.29, 0.717) is 18.8 Å². The lowest BCUT2D eigenvalue weighted by molar-refractivity contribution is 0.306. The summed E-state index contributed by atoms with van der Waals surface area (Å²) in [4.78, 5) is 8.04. The van der Waals surface area contributed by atoms with Gasteiger partial charge in [0.05, 0.1) is 0 Å². The van der Waals surface area contributed by atoms with E-state index in [1.165, 1.54) is 11.1 Å². The first-order valence-electron chi connectivity index (χ1n) is 7.75. The van der Waals surface area contributed by atoms with Crippen LogP contribution in [-0.2, 0) is 13.0 Å². The van der Waals surface area contributed by atoms with Gasteiger partial charge in [0.2, 0.25) is 5.95 Å². The summed E-state index contributed by atoms with van der Waals surface area (Å²) in [6, 6.07) is 16.1. The summed E-state index contributed by atoms with van der Waals surface area (Å²) in [7, 11) is 0. The van der Waals surface area contributed by atoms with Gasteiger partial charge in [-0.25, -0.2) is 4.98 Å². The maximum absolute atomic E-state index is 5.94. The van der Waals surface area contributed by atoms with Crippen molar-refractivity contribution in [1.29, 1.82) is 0 Å². The quantitative estimate of drug-likeness (QED) is 0.754. The van der Waals surface area contributed by atoms with Crippen molar-refractivity contribution in [3.63, 3.8) is 0 Å². The summed E-state index contributed by atoms with van der Waals surface area (Å²) < 4.78 is 5.81. The standard InChI is InChI=1S/C19H20N4O/c1-13-7-8-14(12-24-17-5-3-2-4-6-17)9-15(13)10-16-11-22-19(21)23-18(16)20/h2-9,11H,10,12H2,1H3,(H4,20,21,22,23). The van der Waals surface area contributed by atoms with Crippen molar-refractivity contribution in [1.82, 2.24) is 9.97 Å². The van der Waals surface area contributed by atoms with Crippen LogP contribution in [0.4, 0.5) is 11.8 Å². The van der Waals surface area contributed by atoms with Crippen molar-refractivity contribution < 1.29 is 4.74 Å². The number of aromatic nitrogens is 2. The average molecular weight is 320 g/mol. The van der Waals surface area contributed by atoms with Crippen LogP contribution in [0.25, 0.3) is 0 Å². The number of rotatable bonds is 5. The van der Waals surface area contributed by atoms with Gasteiger partial charge in [-0.05, 0) is 35.7 Å². The summed E-state index contributed by atoms with van der Waals surface area (Å²) >= 11 is 0. The van der Waals surface area contributed by atoms with Crippen LogP contribution in [-0.4, -0.2) is 9.97 Å². The number of para-hydroxylation sites is 1. The normalized spacial score (nSPS) is 10.5. The van der Waals surface area contributed by atoms with Crippen molar-refractivity contribution in [3.8, 4) is 5.75 Å². The van der Waals surface area contributed by atoms with Gasteiger partial charge in [-0.15, -0.1) is 0 Å². The van der Waals surface area contributed by atoms with Crippen molar-refractivity contribution in [3.05, 3.63) is 77.0 Å². The van der Waals surface area contributed by atoms with Gasteiger partial charge in [0.15, 0.2) is 0 Å². The van der Waals surface area contributed by atoms with E-state index < -0.39 is 0 Å². The minimum atomic E-state index is 0.193. The predicted molar refractivity (Wildman–Crippen MR) is 95.6 cm³/mol. The van der Waals surface area contributed by atoms with Gasteiger partial charge >= 0.3 is 0 Å². The molecule has 0 fully saturated rings. The second kappa shape index (κ2) is 7.00. The van der Waals surface area contributed by atoms with E-state index in [1.807, 2.05) is 30.3 Å². The molecule has 0 aliphatic carbocycles. The van der Waals surface area contributed by atoms with Gasteiger partial charge < -0.3 is 16.2 Å². The summed E-state index contributed by atoms with van der Waals surface area (Å²) in [5.41, 5.74) is 15.8. The summed E-state index contributed by atoms with van der Waals surface area (Å²) in [5.74, 6) is 1.47. The first kappa shape index (κ1) is 15.8. The van der Waals surface area contributed by atoms with E-state index >= 15 is 0 Å². The number of nitrogen functional groups attached to an aromatic ring is 2. The van der Waals surface area contributed by atoms with Crippen molar-refractivity contribution in [2.24, 2.45) is 0 Å². The van der Waals surface area contributed by atoms with Crippen LogP contribution in [0.2, 0.25) is 0 Å². The molecule has 1 aromatic heterocycles. The lowest BCUT2D eigenvalue weighted by atomic mass is 9.99. The highest BCUT2D eigenvalue weighted by atomic mass is 16.5. The highest BCUT2D eigenvalue weighted by Gasteiger charge is 2.07. The summed E-state index contributed by atoms with van der Waals surface area (Å²) in [6.45, 7) is 2.59. The SMILES string of the molecule is Cc1ccc(COc2ccccc2)cc1Cc1cnc(N)nc1N. The maximum atomic E-state index is 5.94. The molecule has 0 unspecified atom stereocenters. The fourth-order valence-electron chi connectivity index (χ4n) is 2.46. The molecule has 0 radical (unpaired) electrons. The van der Waals surface area contributed by atoms with Gasteiger partial charge in [-0.1, -0.05) is 36.4 Å². The molecule has 0 amide bonds. The Morgan fingerprint density at radius 3 is 2.54 bits per heavy atom. The van der Waals surface area contributed by atoms with Gasteiger partial charge in [0, 0.05) is 18.2 Å². The second-order valence-electron chi connectivity index (χ2n) is 5.68. The predicted octanol–water partition coefficient (Wildman–Crippen LogP) is 3.12. The van der Waals surface area contributed by atoms with Gasteiger partial charge in [0.25, 0.3) is 0 Å². The highest BCUT2D eigenvalue weighted by Crippen LogP contribution is 2.20. The highest BCUT2D eigenvalue weighted by molar-refractivity contribution is 5.45. The Morgan fingerprint density at radius 1 is 1.00 bits per heavy atom. The third-order valence-electron chi connectivity index (χ3n) is 3.86. The molecule has 4 N–H and O–H groups in total. The van der Waals surface area contributed by atoms with Gasteiger partial charge in [-0.2, -0.15) is 4.98 Å². The number of anilines is 2. The molecular formula is C19H20N4O. The van der Waals surface area contributed by atoms with E-state index in [4.69, 9.17) is 16.2 Å². The molecule has 2 aromatic carbocycles. The lowest BCUT2D eigenvalue weighted by Gasteiger charge is -2.11. The molecule has 1 heterocycles. The van der Waals surface area contributed by atoms with Crippen molar-refractivity contribution in [2.75, 3.05) is 11.5 Å². The molecule has 24 heavy (non-hydrogen) atoms. The van der Waals surface area contributed by atoms with Crippen LogP contribution >= 0.6 is 0 Å². The Labute approximate surface area is 141 Å². The molecule has 5 heteroatoms. The minimum Gasteiger partial charge on any atom is -0.489 e. The van der Waals surface area contributed by atoms with Gasteiger partial charge in [-0.3, -0.25) is 0 Å². The molecule has 3 rings (SSSR count). The number of aryl methyl sites for hydroxylation is 1. The monoisotopic (exact) mass is 320 g/mol. The molecule has 0 bridgehead atoms. The number of benzene rings is 2. The Balaban J connectivity index is 1.76. The zero-order chi connectivity index (χ0) is 16.9. The molecule has 122 valence electrons. The first-order valence-corrected chi connectivity index (χ1v) is 7.75. The van der Waals surface area contributed by atoms with Gasteiger partial charge in [0.1, 0.15) is 18.2 Å². The lowest BCUT2D eigenvalue weighted by Crippen LogP contribution is -2.05. The fourth-order valence-corrected chi connectivity index (χ4v) is 2.46. The number of hydrogen-bond donors (Lipinski definition) is 2. The molecule has 0 aliphatic rings.